The van der Waals surface area contributed by atoms with Gasteiger partial charge in [0, 0.05) is 22.6 Å². The van der Waals surface area contributed by atoms with Gasteiger partial charge in [0.05, 0.1) is 11.6 Å². The number of alkyl halides is 3. The van der Waals surface area contributed by atoms with Crippen LogP contribution in [0.3, 0.4) is 0 Å². The molecule has 114 valence electrons. The van der Waals surface area contributed by atoms with Crippen molar-refractivity contribution in [3.05, 3.63) is 53.7 Å². The maximum Gasteiger partial charge on any atom is 0.416 e. The molecule has 0 fully saturated rings. The molecule has 0 saturated heterocycles. The molecule has 0 aliphatic heterocycles. The minimum Gasteiger partial charge on any atom is -0.377 e. The summed E-state index contributed by atoms with van der Waals surface area (Å²) >= 11 is 5.74. The van der Waals surface area contributed by atoms with Gasteiger partial charge in [0.25, 0.3) is 0 Å². The Morgan fingerprint density at radius 3 is 2.52 bits per heavy atom. The molecular formula is C15H16ClF3N2. The zero-order valence-electron chi connectivity index (χ0n) is 11.8. The van der Waals surface area contributed by atoms with E-state index in [1.807, 2.05) is 6.92 Å². The van der Waals surface area contributed by atoms with E-state index in [1.54, 1.807) is 6.92 Å². The number of nitrogens with zero attached hydrogens (tertiary/aromatic N) is 1. The van der Waals surface area contributed by atoms with E-state index in [0.717, 1.165) is 17.8 Å². The lowest BCUT2D eigenvalue weighted by Crippen LogP contribution is -2.30. The van der Waals surface area contributed by atoms with E-state index in [2.05, 4.69) is 23.5 Å². The quantitative estimate of drug-likeness (QED) is 0.767. The highest BCUT2D eigenvalue weighted by atomic mass is 35.5. The maximum absolute atomic E-state index is 12.8. The largest absolute Gasteiger partial charge is 0.416 e. The molecule has 0 radical (unpaired) electrons. The van der Waals surface area contributed by atoms with Crippen LogP contribution in [0.2, 0.25) is 5.02 Å². The molecule has 1 N–H and O–H groups in total. The van der Waals surface area contributed by atoms with E-state index in [-0.39, 0.29) is 16.6 Å². The van der Waals surface area contributed by atoms with Crippen molar-refractivity contribution < 1.29 is 13.2 Å². The molecule has 0 heterocycles. The van der Waals surface area contributed by atoms with Crippen LogP contribution in [-0.4, -0.2) is 11.8 Å². The average molecular weight is 317 g/mol. The lowest BCUT2D eigenvalue weighted by molar-refractivity contribution is -0.137. The Balaban J connectivity index is 3.01. The molecule has 0 saturated carbocycles. The number of halogens is 4. The first-order valence-electron chi connectivity index (χ1n) is 6.14. The van der Waals surface area contributed by atoms with Crippen molar-refractivity contribution in [1.29, 1.82) is 0 Å². The summed E-state index contributed by atoms with van der Waals surface area (Å²) in [5, 5.41) is 2.99. The summed E-state index contributed by atoms with van der Waals surface area (Å²) in [6.45, 7) is 10.8. The monoisotopic (exact) mass is 316 g/mol. The van der Waals surface area contributed by atoms with Crippen molar-refractivity contribution in [3.63, 3.8) is 0 Å². The molecule has 1 aromatic carbocycles. The first-order valence-corrected chi connectivity index (χ1v) is 6.51. The molecule has 0 spiro atoms. The van der Waals surface area contributed by atoms with Crippen molar-refractivity contribution in [2.24, 2.45) is 4.99 Å². The molecule has 6 heteroatoms. The summed E-state index contributed by atoms with van der Waals surface area (Å²) < 4.78 is 38.3. The van der Waals surface area contributed by atoms with Crippen LogP contribution < -0.4 is 5.32 Å². The van der Waals surface area contributed by atoms with Gasteiger partial charge in [-0.15, -0.1) is 0 Å². The molecule has 0 aromatic heterocycles. The van der Waals surface area contributed by atoms with E-state index < -0.39 is 11.7 Å². The number of rotatable bonds is 5. The fourth-order valence-corrected chi connectivity index (χ4v) is 1.87. The summed E-state index contributed by atoms with van der Waals surface area (Å²) in [5.74, 6) is 0. The van der Waals surface area contributed by atoms with E-state index in [0.29, 0.717) is 5.70 Å². The normalized spacial score (nSPS) is 13.7. The summed E-state index contributed by atoms with van der Waals surface area (Å²) in [4.78, 5) is 4.02. The molecular weight excluding hydrogens is 301 g/mol. The number of aliphatic imine (C=N–C) groups is 1. The topological polar surface area (TPSA) is 24.4 Å². The lowest BCUT2D eigenvalue weighted by Gasteiger charge is -2.18. The molecule has 21 heavy (non-hydrogen) atoms. The fraction of sp³-hybridized carbons (Fsp3) is 0.267. The highest BCUT2D eigenvalue weighted by molar-refractivity contribution is 6.30. The van der Waals surface area contributed by atoms with Crippen LogP contribution in [0.15, 0.2) is 42.5 Å². The van der Waals surface area contributed by atoms with Crippen molar-refractivity contribution in [2.75, 3.05) is 0 Å². The average Bonchev–Trinajstić information content (AvgIpc) is 2.37. The SMILES string of the molecule is C=C/N=C(\C)C(C)NC(=C)c1cc(Cl)cc(C(F)(F)F)c1. The van der Waals surface area contributed by atoms with Gasteiger partial charge in [-0.2, -0.15) is 13.2 Å². The second-order valence-corrected chi connectivity index (χ2v) is 4.96. The Bertz CT molecular complexity index is 577. The van der Waals surface area contributed by atoms with Crippen LogP contribution in [0.25, 0.3) is 5.70 Å². The first kappa shape index (κ1) is 17.3. The van der Waals surface area contributed by atoms with Crippen LogP contribution >= 0.6 is 11.6 Å². The van der Waals surface area contributed by atoms with Gasteiger partial charge in [-0.3, -0.25) is 4.99 Å². The van der Waals surface area contributed by atoms with Crippen LogP contribution in [0.4, 0.5) is 13.2 Å². The van der Waals surface area contributed by atoms with E-state index in [4.69, 9.17) is 11.6 Å². The predicted octanol–water partition coefficient (Wildman–Crippen LogP) is 4.91. The predicted molar refractivity (Wildman–Crippen MR) is 81.4 cm³/mol. The van der Waals surface area contributed by atoms with Crippen molar-refractivity contribution >= 4 is 23.0 Å². The third-order valence-corrected chi connectivity index (χ3v) is 3.10. The van der Waals surface area contributed by atoms with Crippen LogP contribution in [0.1, 0.15) is 25.0 Å². The van der Waals surface area contributed by atoms with Gasteiger partial charge in [0.2, 0.25) is 0 Å². The number of benzene rings is 1. The van der Waals surface area contributed by atoms with E-state index >= 15 is 0 Å². The van der Waals surface area contributed by atoms with Gasteiger partial charge >= 0.3 is 6.18 Å². The minimum absolute atomic E-state index is 0.00640. The van der Waals surface area contributed by atoms with Crippen LogP contribution in [0.5, 0.6) is 0 Å². The molecule has 1 rings (SSSR count). The standard InChI is InChI=1S/C15H16ClF3N2/c1-5-20-9(2)10(3)21-11(4)12-6-13(15(17,18)19)8-14(16)7-12/h5-8,10,21H,1,4H2,2-3H3/b20-9+. The second kappa shape index (κ2) is 6.80. The summed E-state index contributed by atoms with van der Waals surface area (Å²) in [6, 6.07) is 3.13. The lowest BCUT2D eigenvalue weighted by atomic mass is 10.1. The molecule has 1 atom stereocenters. The Morgan fingerprint density at radius 2 is 2.00 bits per heavy atom. The van der Waals surface area contributed by atoms with Gasteiger partial charge in [-0.05, 0) is 37.6 Å². The summed E-state index contributed by atoms with van der Waals surface area (Å²) in [6.07, 6.45) is -3.05. The van der Waals surface area contributed by atoms with Gasteiger partial charge in [-0.25, -0.2) is 0 Å². The molecule has 0 bridgehead atoms. The van der Waals surface area contributed by atoms with Crippen molar-refractivity contribution in [3.8, 4) is 0 Å². The molecule has 0 amide bonds. The van der Waals surface area contributed by atoms with E-state index in [1.165, 1.54) is 12.3 Å². The number of hydrogen-bond donors (Lipinski definition) is 1. The molecule has 0 aliphatic rings. The van der Waals surface area contributed by atoms with Gasteiger partial charge in [0.1, 0.15) is 0 Å². The Kier molecular flexibility index (Phi) is 5.61. The Labute approximate surface area is 127 Å². The minimum atomic E-state index is -4.45. The third-order valence-electron chi connectivity index (χ3n) is 2.89. The molecule has 2 nitrogen and oxygen atoms in total. The summed E-state index contributed by atoms with van der Waals surface area (Å²) in [5.41, 5.74) is 0.559. The number of nitrogens with one attached hydrogen (secondary N) is 1. The van der Waals surface area contributed by atoms with Crippen molar-refractivity contribution in [1.82, 2.24) is 5.32 Å². The number of hydrogen-bond acceptors (Lipinski definition) is 2. The second-order valence-electron chi connectivity index (χ2n) is 4.52. The van der Waals surface area contributed by atoms with E-state index in [9.17, 15) is 13.2 Å². The van der Waals surface area contributed by atoms with Gasteiger partial charge < -0.3 is 5.32 Å². The Hall–Kier alpha value is -1.75. The highest BCUT2D eigenvalue weighted by Crippen LogP contribution is 2.33. The third kappa shape index (κ3) is 4.93. The maximum atomic E-state index is 12.8. The fourth-order valence-electron chi connectivity index (χ4n) is 1.63. The smallest absolute Gasteiger partial charge is 0.377 e. The zero-order valence-corrected chi connectivity index (χ0v) is 12.5. The Morgan fingerprint density at radius 1 is 1.38 bits per heavy atom. The molecule has 1 unspecified atom stereocenters. The van der Waals surface area contributed by atoms with Gasteiger partial charge in [-0.1, -0.05) is 24.8 Å². The van der Waals surface area contributed by atoms with Crippen LogP contribution in [-0.2, 0) is 6.18 Å². The first-order chi connectivity index (χ1) is 9.65. The summed E-state index contributed by atoms with van der Waals surface area (Å²) in [7, 11) is 0. The van der Waals surface area contributed by atoms with Gasteiger partial charge in [0.15, 0.2) is 0 Å². The highest BCUT2D eigenvalue weighted by Gasteiger charge is 2.31. The van der Waals surface area contributed by atoms with Crippen molar-refractivity contribution in [2.45, 2.75) is 26.1 Å². The van der Waals surface area contributed by atoms with Crippen LogP contribution in [0, 0.1) is 0 Å². The zero-order chi connectivity index (χ0) is 16.2. The molecule has 0 aliphatic carbocycles. The molecule has 1 aromatic rings.